The van der Waals surface area contributed by atoms with E-state index >= 15 is 0 Å². The van der Waals surface area contributed by atoms with Crippen LogP contribution in [0.2, 0.25) is 0 Å². The average molecular weight is 717 g/mol. The van der Waals surface area contributed by atoms with Gasteiger partial charge in [-0.15, -0.1) is 0 Å². The first-order chi connectivity index (χ1) is 27.0. The number of ether oxygens (including phenoxy) is 1. The zero-order valence-corrected chi connectivity index (χ0v) is 31.2. The molecule has 0 spiro atoms. The van der Waals surface area contributed by atoms with Crippen LogP contribution in [0.15, 0.2) is 182 Å². The molecular formula is C47H41B2N3O3. The predicted molar refractivity (Wildman–Crippen MR) is 230 cm³/mol. The molecule has 1 heterocycles. The fourth-order valence-corrected chi connectivity index (χ4v) is 6.29. The molecular weight excluding hydrogens is 676 g/mol. The summed E-state index contributed by atoms with van der Waals surface area (Å²) in [6, 6.07) is 59.2. The first-order valence-electron chi connectivity index (χ1n) is 18.2. The molecule has 0 aliphatic heterocycles. The van der Waals surface area contributed by atoms with Crippen molar-refractivity contribution in [3.05, 3.63) is 205 Å². The zero-order chi connectivity index (χ0) is 37.8. The van der Waals surface area contributed by atoms with Gasteiger partial charge in [0.05, 0.1) is 18.5 Å². The van der Waals surface area contributed by atoms with Gasteiger partial charge in [0, 0.05) is 43.1 Å². The molecule has 1 aromatic heterocycles. The molecule has 0 saturated carbocycles. The second kappa shape index (κ2) is 17.8. The molecule has 268 valence electrons. The molecule has 0 aliphatic carbocycles. The molecule has 6 aromatic carbocycles. The lowest BCUT2D eigenvalue weighted by Gasteiger charge is -2.21. The van der Waals surface area contributed by atoms with Crippen molar-refractivity contribution in [2.75, 3.05) is 26.1 Å². The van der Waals surface area contributed by atoms with Gasteiger partial charge in [-0.1, -0.05) is 121 Å². The molecule has 0 N–H and O–H groups in total. The number of anilines is 1. The van der Waals surface area contributed by atoms with Gasteiger partial charge in [0.15, 0.2) is 0 Å². The number of aromatic nitrogens is 2. The lowest BCUT2D eigenvalue weighted by molar-refractivity contribution is 0.414. The van der Waals surface area contributed by atoms with E-state index in [0.29, 0.717) is 22.9 Å². The van der Waals surface area contributed by atoms with Gasteiger partial charge in [0.1, 0.15) is 23.6 Å². The first kappa shape index (κ1) is 36.6. The summed E-state index contributed by atoms with van der Waals surface area (Å²) in [7, 11) is 5.73. The van der Waals surface area contributed by atoms with E-state index in [1.165, 1.54) is 0 Å². The Bertz CT molecular complexity index is 2240. The topological polar surface area (TPSA) is 56.7 Å². The van der Waals surface area contributed by atoms with Crippen molar-refractivity contribution in [2.24, 2.45) is 0 Å². The highest BCUT2D eigenvalue weighted by Crippen LogP contribution is 2.26. The molecule has 0 fully saturated rings. The monoisotopic (exact) mass is 717 g/mol. The van der Waals surface area contributed by atoms with Gasteiger partial charge in [0.25, 0.3) is 0 Å². The van der Waals surface area contributed by atoms with Gasteiger partial charge in [-0.2, -0.15) is 0 Å². The number of methoxy groups -OCH3 is 1. The van der Waals surface area contributed by atoms with Crippen molar-refractivity contribution < 1.29 is 14.0 Å². The average Bonchev–Trinajstić information content (AvgIpc) is 3.25. The molecule has 0 atom stereocenters. The Balaban J connectivity index is 1.31. The lowest BCUT2D eigenvalue weighted by Crippen LogP contribution is -2.44. The summed E-state index contributed by atoms with van der Waals surface area (Å²) in [5.74, 6) is 2.09. The summed E-state index contributed by atoms with van der Waals surface area (Å²) in [4.78, 5) is 11.5. The lowest BCUT2D eigenvalue weighted by atomic mass is 9.55. The number of benzene rings is 6. The SMILES string of the molecule is COc1ccc(/C(=C\c2cc(/C=C(/OB(c3ccccc3)c3ccccc3)c3ccc(N(C)C)cc3)ncn2)OB(c2ccccc2)c2ccccc2)cc1. The summed E-state index contributed by atoms with van der Waals surface area (Å²) in [6.45, 7) is -0.721. The maximum atomic E-state index is 7.01. The highest BCUT2D eigenvalue weighted by Gasteiger charge is 2.26. The van der Waals surface area contributed by atoms with Crippen molar-refractivity contribution in [2.45, 2.75) is 0 Å². The Hall–Kier alpha value is -6.79. The van der Waals surface area contributed by atoms with E-state index in [9.17, 15) is 0 Å². The van der Waals surface area contributed by atoms with E-state index in [4.69, 9.17) is 24.0 Å². The quantitative estimate of drug-likeness (QED) is 0.0878. The van der Waals surface area contributed by atoms with Crippen LogP contribution in [0.5, 0.6) is 5.75 Å². The maximum absolute atomic E-state index is 7.01. The maximum Gasteiger partial charge on any atom is 0.426 e. The van der Waals surface area contributed by atoms with Gasteiger partial charge in [0.2, 0.25) is 0 Å². The second-order valence-corrected chi connectivity index (χ2v) is 13.2. The summed E-state index contributed by atoms with van der Waals surface area (Å²) in [5.41, 5.74) is 8.42. The number of hydrogen-bond donors (Lipinski definition) is 0. The summed E-state index contributed by atoms with van der Waals surface area (Å²) in [6.07, 6.45) is 5.52. The van der Waals surface area contributed by atoms with Crippen molar-refractivity contribution in [3.63, 3.8) is 0 Å². The van der Waals surface area contributed by atoms with Gasteiger partial charge in [-0.25, -0.2) is 9.97 Å². The Morgan fingerprint density at radius 1 is 0.491 bits per heavy atom. The van der Waals surface area contributed by atoms with Crippen LogP contribution in [0.1, 0.15) is 22.5 Å². The van der Waals surface area contributed by atoms with Crippen LogP contribution in [0, 0.1) is 0 Å². The van der Waals surface area contributed by atoms with Crippen molar-refractivity contribution in [3.8, 4) is 5.75 Å². The van der Waals surface area contributed by atoms with E-state index < -0.39 is 0 Å². The molecule has 6 nitrogen and oxygen atoms in total. The molecule has 0 aliphatic rings. The van der Waals surface area contributed by atoms with E-state index in [1.54, 1.807) is 13.4 Å². The predicted octanol–water partition coefficient (Wildman–Crippen LogP) is 7.19. The standard InChI is InChI=1S/C47H41B2N3O3/c1-52(2)44-28-24-36(25-29-44)46(54-48(38-16-8-4-9-17-38)39-18-10-5-11-19-39)33-42-32-43(51-35-50-42)34-47(37-26-30-45(53-3)31-27-37)55-49(40-20-12-6-13-21-40)41-22-14-7-15-23-41/h4-35H,1-3H3/b46-33+,47-34+. The van der Waals surface area contributed by atoms with Crippen molar-refractivity contribution in [1.29, 1.82) is 0 Å². The van der Waals surface area contributed by atoms with Crippen LogP contribution in [-0.2, 0) is 9.31 Å². The van der Waals surface area contributed by atoms with Crippen LogP contribution in [0.3, 0.4) is 0 Å². The largest absolute Gasteiger partial charge is 0.551 e. The van der Waals surface area contributed by atoms with Crippen LogP contribution in [-0.4, -0.2) is 45.0 Å². The first-order valence-corrected chi connectivity index (χ1v) is 18.2. The van der Waals surface area contributed by atoms with Crippen LogP contribution in [0.25, 0.3) is 23.7 Å². The number of rotatable bonds is 14. The molecule has 0 unspecified atom stereocenters. The van der Waals surface area contributed by atoms with Gasteiger partial charge < -0.3 is 18.9 Å². The second-order valence-electron chi connectivity index (χ2n) is 13.2. The fraction of sp³-hybridized carbons (Fsp3) is 0.0638. The van der Waals surface area contributed by atoms with Crippen molar-refractivity contribution in [1.82, 2.24) is 9.97 Å². The molecule has 7 rings (SSSR count). The Morgan fingerprint density at radius 3 is 1.20 bits per heavy atom. The number of hydrogen-bond acceptors (Lipinski definition) is 6. The third-order valence-electron chi connectivity index (χ3n) is 9.21. The van der Waals surface area contributed by atoms with Crippen LogP contribution >= 0.6 is 0 Å². The summed E-state index contributed by atoms with van der Waals surface area (Å²) < 4.78 is 19.5. The number of nitrogens with zero attached hydrogens (tertiary/aromatic N) is 3. The minimum atomic E-state index is -0.366. The molecule has 0 bridgehead atoms. The van der Waals surface area contributed by atoms with Gasteiger partial charge in [-0.05, 0) is 76.4 Å². The normalized spacial score (nSPS) is 11.4. The molecule has 7 aromatic rings. The highest BCUT2D eigenvalue weighted by molar-refractivity contribution is 6.81. The Kier molecular flexibility index (Phi) is 11.8. The highest BCUT2D eigenvalue weighted by atomic mass is 16.5. The van der Waals surface area contributed by atoms with E-state index in [-0.39, 0.29) is 13.8 Å². The Labute approximate surface area is 324 Å². The molecule has 8 heteroatoms. The smallest absolute Gasteiger partial charge is 0.426 e. The summed E-state index contributed by atoms with van der Waals surface area (Å²) in [5, 5.41) is 0. The molecule has 0 amide bonds. The molecule has 0 radical (unpaired) electrons. The zero-order valence-electron chi connectivity index (χ0n) is 31.2. The third-order valence-corrected chi connectivity index (χ3v) is 9.21. The van der Waals surface area contributed by atoms with E-state index in [1.807, 2.05) is 129 Å². The van der Waals surface area contributed by atoms with Crippen LogP contribution in [0.4, 0.5) is 5.69 Å². The Morgan fingerprint density at radius 2 is 0.855 bits per heavy atom. The van der Waals surface area contributed by atoms with Crippen molar-refractivity contribution >= 4 is 65.0 Å². The minimum Gasteiger partial charge on any atom is -0.551 e. The summed E-state index contributed by atoms with van der Waals surface area (Å²) >= 11 is 0. The molecule has 0 saturated heterocycles. The third kappa shape index (κ3) is 9.42. The van der Waals surface area contributed by atoms with Gasteiger partial charge >= 0.3 is 13.8 Å². The molecule has 55 heavy (non-hydrogen) atoms. The fourth-order valence-electron chi connectivity index (χ4n) is 6.29. The van der Waals surface area contributed by atoms with Gasteiger partial charge in [-0.3, -0.25) is 0 Å². The van der Waals surface area contributed by atoms with E-state index in [2.05, 4.69) is 77.7 Å². The minimum absolute atomic E-state index is 0.355. The van der Waals surface area contributed by atoms with E-state index in [0.717, 1.165) is 44.4 Å². The van der Waals surface area contributed by atoms with Crippen LogP contribution < -0.4 is 31.5 Å².